The van der Waals surface area contributed by atoms with Gasteiger partial charge in [0.05, 0.1) is 4.88 Å². The number of thiophene rings is 1. The Labute approximate surface area is 113 Å². The summed E-state index contributed by atoms with van der Waals surface area (Å²) >= 11 is 1.33. The van der Waals surface area contributed by atoms with E-state index in [1.54, 1.807) is 35.7 Å². The first kappa shape index (κ1) is 13.4. The zero-order valence-corrected chi connectivity index (χ0v) is 10.6. The van der Waals surface area contributed by atoms with E-state index in [2.05, 4.69) is 4.74 Å². The number of carbonyl (C=O) groups is 1. The Hall–Kier alpha value is -2.01. The molecule has 1 heterocycles. The molecule has 0 spiro atoms. The van der Waals surface area contributed by atoms with Gasteiger partial charge in [-0.05, 0) is 29.7 Å². The molecule has 0 aliphatic rings. The van der Waals surface area contributed by atoms with Crippen molar-refractivity contribution in [2.45, 2.75) is 6.61 Å². The molecule has 2 nitrogen and oxygen atoms in total. The van der Waals surface area contributed by atoms with Crippen LogP contribution in [0.5, 0.6) is 5.75 Å². The first-order valence-electron chi connectivity index (χ1n) is 5.46. The molecule has 0 fully saturated rings. The van der Waals surface area contributed by atoms with Crippen molar-refractivity contribution in [2.75, 3.05) is 0 Å². The molecule has 0 radical (unpaired) electrons. The van der Waals surface area contributed by atoms with Gasteiger partial charge in [-0.15, -0.1) is 11.3 Å². The largest absolute Gasteiger partial charge is 0.434 e. The van der Waals surface area contributed by atoms with Gasteiger partial charge >= 0.3 is 6.61 Å². The Kier molecular flexibility index (Phi) is 4.41. The molecule has 0 atom stereocenters. The van der Waals surface area contributed by atoms with Gasteiger partial charge in [0.2, 0.25) is 0 Å². The van der Waals surface area contributed by atoms with Crippen LogP contribution in [0.4, 0.5) is 8.78 Å². The number of alkyl halides is 2. The lowest BCUT2D eigenvalue weighted by atomic mass is 10.1. The summed E-state index contributed by atoms with van der Waals surface area (Å²) in [6.45, 7) is -2.89. The van der Waals surface area contributed by atoms with E-state index in [-0.39, 0.29) is 11.5 Å². The van der Waals surface area contributed by atoms with Crippen LogP contribution in [0.1, 0.15) is 15.2 Å². The molecule has 0 unspecified atom stereocenters. The molecule has 0 saturated carbocycles. The van der Waals surface area contributed by atoms with E-state index in [1.807, 2.05) is 0 Å². The number of para-hydroxylation sites is 1. The van der Waals surface area contributed by atoms with Gasteiger partial charge in [-0.2, -0.15) is 8.78 Å². The Balaban J connectivity index is 2.16. The van der Waals surface area contributed by atoms with E-state index >= 15 is 0 Å². The number of rotatable bonds is 5. The Morgan fingerprint density at radius 2 is 2.00 bits per heavy atom. The lowest BCUT2D eigenvalue weighted by Gasteiger charge is -2.06. The summed E-state index contributed by atoms with van der Waals surface area (Å²) in [5.74, 6) is -0.116. The van der Waals surface area contributed by atoms with Crippen molar-refractivity contribution < 1.29 is 18.3 Å². The third kappa shape index (κ3) is 3.72. The van der Waals surface area contributed by atoms with Crippen molar-refractivity contribution in [2.24, 2.45) is 0 Å². The maximum absolute atomic E-state index is 12.2. The van der Waals surface area contributed by atoms with Crippen LogP contribution >= 0.6 is 11.3 Å². The second-order valence-corrected chi connectivity index (χ2v) is 4.54. The number of halogens is 2. The smallest absolute Gasteiger partial charge is 0.387 e. The maximum atomic E-state index is 12.2. The van der Waals surface area contributed by atoms with Crippen molar-refractivity contribution in [1.82, 2.24) is 0 Å². The molecular weight excluding hydrogens is 270 g/mol. The lowest BCUT2D eigenvalue weighted by Crippen LogP contribution is -2.03. The average molecular weight is 280 g/mol. The van der Waals surface area contributed by atoms with Crippen LogP contribution in [-0.4, -0.2) is 12.4 Å². The van der Waals surface area contributed by atoms with Crippen LogP contribution in [0, 0.1) is 0 Å². The van der Waals surface area contributed by atoms with Crippen LogP contribution in [0.3, 0.4) is 0 Å². The van der Waals surface area contributed by atoms with Crippen LogP contribution in [0.25, 0.3) is 6.08 Å². The Morgan fingerprint density at radius 1 is 1.21 bits per heavy atom. The summed E-state index contributed by atoms with van der Waals surface area (Å²) in [6, 6.07) is 9.81. The van der Waals surface area contributed by atoms with E-state index in [0.29, 0.717) is 10.4 Å². The number of ketones is 1. The van der Waals surface area contributed by atoms with Crippen molar-refractivity contribution in [3.63, 3.8) is 0 Å². The van der Waals surface area contributed by atoms with Crippen molar-refractivity contribution >= 4 is 23.2 Å². The van der Waals surface area contributed by atoms with E-state index in [1.165, 1.54) is 29.6 Å². The predicted molar refractivity (Wildman–Crippen MR) is 70.8 cm³/mol. The maximum Gasteiger partial charge on any atom is 0.387 e. The molecule has 0 aliphatic heterocycles. The number of benzene rings is 1. The third-order valence-corrected chi connectivity index (χ3v) is 3.20. The standard InChI is InChI=1S/C14H10F2O2S/c15-14(16)18-12-5-2-1-4-10(12)7-8-11(17)13-6-3-9-19-13/h1-9,14H. The van der Waals surface area contributed by atoms with Crippen molar-refractivity contribution in [3.05, 3.63) is 58.3 Å². The number of hydrogen-bond acceptors (Lipinski definition) is 3. The summed E-state index contributed by atoms with van der Waals surface area (Å²) in [7, 11) is 0. The zero-order valence-electron chi connectivity index (χ0n) is 9.75. The number of allylic oxidation sites excluding steroid dienone is 1. The minimum atomic E-state index is -2.89. The molecular formula is C14H10F2O2S. The molecule has 0 amide bonds. The van der Waals surface area contributed by atoms with Crippen molar-refractivity contribution in [3.8, 4) is 5.75 Å². The van der Waals surface area contributed by atoms with Gasteiger partial charge in [-0.3, -0.25) is 4.79 Å². The second-order valence-electron chi connectivity index (χ2n) is 3.59. The molecule has 0 N–H and O–H groups in total. The normalized spacial score (nSPS) is 11.1. The summed E-state index contributed by atoms with van der Waals surface area (Å²) in [5, 5.41) is 1.80. The first-order chi connectivity index (χ1) is 9.16. The molecule has 98 valence electrons. The third-order valence-electron chi connectivity index (χ3n) is 2.31. The highest BCUT2D eigenvalue weighted by molar-refractivity contribution is 7.12. The Bertz CT molecular complexity index is 577. The number of carbonyl (C=O) groups excluding carboxylic acids is 1. The number of ether oxygens (including phenoxy) is 1. The minimum absolute atomic E-state index is 0.0488. The van der Waals surface area contributed by atoms with Gasteiger partial charge < -0.3 is 4.74 Å². The topological polar surface area (TPSA) is 26.3 Å². The van der Waals surface area contributed by atoms with E-state index in [4.69, 9.17) is 0 Å². The van der Waals surface area contributed by atoms with E-state index in [0.717, 1.165) is 0 Å². The van der Waals surface area contributed by atoms with Crippen LogP contribution in [-0.2, 0) is 0 Å². The van der Waals surface area contributed by atoms with Crippen LogP contribution in [0.15, 0.2) is 47.9 Å². The molecule has 2 aromatic rings. The molecule has 1 aromatic carbocycles. The summed E-state index contributed by atoms with van der Waals surface area (Å²) in [6.07, 6.45) is 2.82. The molecule has 0 aliphatic carbocycles. The van der Waals surface area contributed by atoms with Gasteiger partial charge in [0.1, 0.15) is 5.75 Å². The quantitative estimate of drug-likeness (QED) is 0.604. The van der Waals surface area contributed by atoms with Crippen LogP contribution < -0.4 is 4.74 Å². The fraction of sp³-hybridized carbons (Fsp3) is 0.0714. The molecule has 5 heteroatoms. The van der Waals surface area contributed by atoms with Gasteiger partial charge in [-0.25, -0.2) is 0 Å². The minimum Gasteiger partial charge on any atom is -0.434 e. The fourth-order valence-electron chi connectivity index (χ4n) is 1.49. The monoisotopic (exact) mass is 280 g/mol. The molecule has 2 rings (SSSR count). The zero-order chi connectivity index (χ0) is 13.7. The highest BCUT2D eigenvalue weighted by Gasteiger charge is 2.08. The fourth-order valence-corrected chi connectivity index (χ4v) is 2.13. The summed E-state index contributed by atoms with van der Waals surface area (Å²) < 4.78 is 28.8. The highest BCUT2D eigenvalue weighted by Crippen LogP contribution is 2.22. The molecule has 1 aromatic heterocycles. The Morgan fingerprint density at radius 3 is 2.68 bits per heavy atom. The first-order valence-corrected chi connectivity index (χ1v) is 6.34. The molecule has 0 saturated heterocycles. The lowest BCUT2D eigenvalue weighted by molar-refractivity contribution is -0.0499. The summed E-state index contributed by atoms with van der Waals surface area (Å²) in [4.78, 5) is 12.3. The average Bonchev–Trinajstić information content (AvgIpc) is 2.90. The van der Waals surface area contributed by atoms with Gasteiger partial charge in [-0.1, -0.05) is 24.3 Å². The highest BCUT2D eigenvalue weighted by atomic mass is 32.1. The van der Waals surface area contributed by atoms with Gasteiger partial charge in [0, 0.05) is 5.56 Å². The SMILES string of the molecule is O=C(C=Cc1ccccc1OC(F)F)c1cccs1. The summed E-state index contributed by atoms with van der Waals surface area (Å²) in [5.41, 5.74) is 0.438. The van der Waals surface area contributed by atoms with Gasteiger partial charge in [0.15, 0.2) is 5.78 Å². The number of hydrogen-bond donors (Lipinski definition) is 0. The van der Waals surface area contributed by atoms with Crippen molar-refractivity contribution in [1.29, 1.82) is 0 Å². The van der Waals surface area contributed by atoms with Crippen LogP contribution in [0.2, 0.25) is 0 Å². The van der Waals surface area contributed by atoms with E-state index in [9.17, 15) is 13.6 Å². The second kappa shape index (κ2) is 6.24. The van der Waals surface area contributed by atoms with Gasteiger partial charge in [0.25, 0.3) is 0 Å². The molecule has 0 bridgehead atoms. The van der Waals surface area contributed by atoms with E-state index < -0.39 is 6.61 Å². The predicted octanol–water partition coefficient (Wildman–Crippen LogP) is 4.25. The molecule has 19 heavy (non-hydrogen) atoms.